The molecule has 0 radical (unpaired) electrons. The number of aryl methyl sites for hydroxylation is 3. The van der Waals surface area contributed by atoms with Gasteiger partial charge in [0, 0.05) is 45.0 Å². The monoisotopic (exact) mass is 393 g/mol. The molecule has 0 saturated carbocycles. The van der Waals surface area contributed by atoms with E-state index in [0.717, 1.165) is 38.1 Å². The Labute approximate surface area is 162 Å². The van der Waals surface area contributed by atoms with Crippen molar-refractivity contribution in [1.82, 2.24) is 23.6 Å². The lowest BCUT2D eigenvalue weighted by molar-refractivity contribution is 0.261. The molecule has 2 aromatic rings. The van der Waals surface area contributed by atoms with Crippen LogP contribution >= 0.6 is 0 Å². The first-order valence-electron chi connectivity index (χ1n) is 9.77. The van der Waals surface area contributed by atoms with E-state index < -0.39 is 10.0 Å². The molecule has 1 aliphatic heterocycles. The molecule has 0 aliphatic carbocycles. The molecule has 27 heavy (non-hydrogen) atoms. The molecule has 1 aliphatic rings. The van der Waals surface area contributed by atoms with Crippen molar-refractivity contribution in [1.29, 1.82) is 0 Å². The fraction of sp³-hybridized carbons (Fsp3) is 0.684. The molecule has 3 rings (SSSR count). The molecule has 2 aromatic heterocycles. The number of sulfonamides is 1. The predicted octanol–water partition coefficient (Wildman–Crippen LogP) is 2.60. The van der Waals surface area contributed by atoms with Crippen molar-refractivity contribution < 1.29 is 8.42 Å². The highest BCUT2D eigenvalue weighted by Gasteiger charge is 2.34. The molecule has 1 unspecified atom stereocenters. The molecule has 0 amide bonds. The summed E-state index contributed by atoms with van der Waals surface area (Å²) in [7, 11) is -1.73. The summed E-state index contributed by atoms with van der Waals surface area (Å²) in [5.41, 5.74) is 2.45. The van der Waals surface area contributed by atoms with Crippen LogP contribution in [-0.4, -0.2) is 45.1 Å². The van der Waals surface area contributed by atoms with Gasteiger partial charge in [0.15, 0.2) is 0 Å². The average molecular weight is 394 g/mol. The van der Waals surface area contributed by atoms with Gasteiger partial charge in [-0.3, -0.25) is 4.68 Å². The van der Waals surface area contributed by atoms with E-state index in [9.17, 15) is 8.42 Å². The Morgan fingerprint density at radius 1 is 1.26 bits per heavy atom. The number of piperidine rings is 1. The highest BCUT2D eigenvalue weighted by molar-refractivity contribution is 7.89. The SMILES string of the molecule is CCCn1c(C)cnc1CC1CCCN(S(=O)(=O)c2c(C)nn(C)c2C)C1. The Kier molecular flexibility index (Phi) is 5.76. The van der Waals surface area contributed by atoms with Crippen LogP contribution in [-0.2, 0) is 30.0 Å². The van der Waals surface area contributed by atoms with E-state index >= 15 is 0 Å². The van der Waals surface area contributed by atoms with Gasteiger partial charge in [-0.25, -0.2) is 13.4 Å². The smallest absolute Gasteiger partial charge is 0.246 e. The van der Waals surface area contributed by atoms with Crippen molar-refractivity contribution in [3.63, 3.8) is 0 Å². The topological polar surface area (TPSA) is 73.0 Å². The van der Waals surface area contributed by atoms with Crippen molar-refractivity contribution in [2.24, 2.45) is 13.0 Å². The Hall–Kier alpha value is -1.67. The van der Waals surface area contributed by atoms with Crippen LogP contribution in [0.5, 0.6) is 0 Å². The summed E-state index contributed by atoms with van der Waals surface area (Å²) in [6.07, 6.45) is 5.73. The van der Waals surface area contributed by atoms with Gasteiger partial charge in [-0.2, -0.15) is 9.40 Å². The minimum Gasteiger partial charge on any atom is -0.332 e. The summed E-state index contributed by atoms with van der Waals surface area (Å²) < 4.78 is 32.1. The van der Waals surface area contributed by atoms with E-state index in [1.54, 1.807) is 23.0 Å². The lowest BCUT2D eigenvalue weighted by atomic mass is 9.96. The molecule has 0 aromatic carbocycles. The molecule has 1 saturated heterocycles. The van der Waals surface area contributed by atoms with Crippen LogP contribution in [0.1, 0.15) is 49.1 Å². The Morgan fingerprint density at radius 2 is 2.00 bits per heavy atom. The molecule has 7 nitrogen and oxygen atoms in total. The van der Waals surface area contributed by atoms with E-state index in [1.165, 1.54) is 5.69 Å². The molecule has 8 heteroatoms. The number of nitrogens with zero attached hydrogens (tertiary/aromatic N) is 5. The third kappa shape index (κ3) is 3.82. The molecule has 3 heterocycles. The van der Waals surface area contributed by atoms with E-state index in [-0.39, 0.29) is 0 Å². The zero-order valence-corrected chi connectivity index (χ0v) is 17.9. The van der Waals surface area contributed by atoms with Crippen molar-refractivity contribution in [3.05, 3.63) is 29.1 Å². The third-order valence-corrected chi connectivity index (χ3v) is 7.70. The zero-order chi connectivity index (χ0) is 19.8. The van der Waals surface area contributed by atoms with Crippen molar-refractivity contribution in [3.8, 4) is 0 Å². The standard InChI is InChI=1S/C19H31N5O2S/c1-6-9-24-14(2)12-20-18(24)11-17-8-7-10-23(13-17)27(25,26)19-15(3)21-22(5)16(19)4/h12,17H,6-11,13H2,1-5H3. The largest absolute Gasteiger partial charge is 0.332 e. The maximum absolute atomic E-state index is 13.3. The summed E-state index contributed by atoms with van der Waals surface area (Å²) in [6, 6.07) is 0. The van der Waals surface area contributed by atoms with Crippen molar-refractivity contribution >= 4 is 10.0 Å². The van der Waals surface area contributed by atoms with Crippen LogP contribution < -0.4 is 0 Å². The van der Waals surface area contributed by atoms with Crippen LogP contribution in [0.4, 0.5) is 0 Å². The van der Waals surface area contributed by atoms with Crippen molar-refractivity contribution in [2.75, 3.05) is 13.1 Å². The van der Waals surface area contributed by atoms with Gasteiger partial charge in [-0.1, -0.05) is 6.92 Å². The highest BCUT2D eigenvalue weighted by Crippen LogP contribution is 2.29. The first-order chi connectivity index (χ1) is 12.8. The molecule has 1 fully saturated rings. The van der Waals surface area contributed by atoms with Crippen molar-refractivity contribution in [2.45, 2.75) is 64.8 Å². The fourth-order valence-electron chi connectivity index (χ4n) is 4.13. The lowest BCUT2D eigenvalue weighted by Crippen LogP contribution is -2.41. The Balaban J connectivity index is 1.80. The normalized spacial score (nSPS) is 18.9. The minimum atomic E-state index is -3.52. The Morgan fingerprint density at radius 3 is 2.63 bits per heavy atom. The van der Waals surface area contributed by atoms with Crippen LogP contribution in [0.25, 0.3) is 0 Å². The van der Waals surface area contributed by atoms with E-state index in [0.29, 0.717) is 35.3 Å². The molecule has 150 valence electrons. The van der Waals surface area contributed by atoms with Crippen LogP contribution in [0.2, 0.25) is 0 Å². The lowest BCUT2D eigenvalue weighted by Gasteiger charge is -2.32. The van der Waals surface area contributed by atoms with Gasteiger partial charge >= 0.3 is 0 Å². The van der Waals surface area contributed by atoms with Gasteiger partial charge in [-0.15, -0.1) is 0 Å². The number of hydrogen-bond acceptors (Lipinski definition) is 4. The summed E-state index contributed by atoms with van der Waals surface area (Å²) in [5, 5.41) is 4.29. The number of aromatic nitrogens is 4. The van der Waals surface area contributed by atoms with Gasteiger partial charge in [0.2, 0.25) is 10.0 Å². The van der Waals surface area contributed by atoms with Gasteiger partial charge in [0.1, 0.15) is 10.7 Å². The minimum absolute atomic E-state index is 0.295. The van der Waals surface area contributed by atoms with Gasteiger partial charge in [-0.05, 0) is 46.0 Å². The van der Waals surface area contributed by atoms with E-state index in [2.05, 4.69) is 28.5 Å². The first kappa shape index (κ1) is 20.1. The molecule has 0 spiro atoms. The number of rotatable bonds is 6. The molecular weight excluding hydrogens is 362 g/mol. The summed E-state index contributed by atoms with van der Waals surface area (Å²) in [5.74, 6) is 1.37. The van der Waals surface area contributed by atoms with E-state index in [1.807, 2.05) is 13.1 Å². The third-order valence-electron chi connectivity index (χ3n) is 5.58. The quantitative estimate of drug-likeness (QED) is 0.756. The Bertz CT molecular complexity index is 913. The van der Waals surface area contributed by atoms with Gasteiger partial charge in [0.25, 0.3) is 0 Å². The average Bonchev–Trinajstić information content (AvgIpc) is 3.08. The number of hydrogen-bond donors (Lipinski definition) is 0. The maximum atomic E-state index is 13.3. The van der Waals surface area contributed by atoms with Crippen LogP contribution in [0.3, 0.4) is 0 Å². The predicted molar refractivity (Wildman–Crippen MR) is 105 cm³/mol. The summed E-state index contributed by atoms with van der Waals surface area (Å²) in [4.78, 5) is 4.96. The molecule has 0 N–H and O–H groups in total. The fourth-order valence-corrected chi connectivity index (χ4v) is 6.08. The second kappa shape index (κ2) is 7.75. The summed E-state index contributed by atoms with van der Waals surface area (Å²) >= 11 is 0. The molecular formula is C19H31N5O2S. The zero-order valence-electron chi connectivity index (χ0n) is 17.1. The second-order valence-corrected chi connectivity index (χ2v) is 9.54. The van der Waals surface area contributed by atoms with Crippen LogP contribution in [0.15, 0.2) is 11.1 Å². The van der Waals surface area contributed by atoms with E-state index in [4.69, 9.17) is 0 Å². The first-order valence-corrected chi connectivity index (χ1v) is 11.2. The van der Waals surface area contributed by atoms with Gasteiger partial charge in [0.05, 0.1) is 11.4 Å². The maximum Gasteiger partial charge on any atom is 0.246 e. The number of imidazole rings is 1. The van der Waals surface area contributed by atoms with Gasteiger partial charge < -0.3 is 4.57 Å². The summed E-state index contributed by atoms with van der Waals surface area (Å²) in [6.45, 7) is 9.92. The highest BCUT2D eigenvalue weighted by atomic mass is 32.2. The second-order valence-electron chi connectivity index (χ2n) is 7.67. The van der Waals surface area contributed by atoms with Crippen LogP contribution in [0, 0.1) is 26.7 Å². The molecule has 1 atom stereocenters. The molecule has 0 bridgehead atoms.